The molecule has 0 saturated carbocycles. The third-order valence-electron chi connectivity index (χ3n) is 4.08. The smallest absolute Gasteiger partial charge is 0.291 e. The molecule has 0 spiro atoms. The minimum absolute atomic E-state index is 0.147. The van der Waals surface area contributed by atoms with E-state index in [1.165, 1.54) is 15.9 Å². The monoisotopic (exact) mass is 409 g/mol. The second-order valence-electron chi connectivity index (χ2n) is 6.20. The zero-order valence-corrected chi connectivity index (χ0v) is 17.0. The molecular weight excluding hydrogens is 390 g/mol. The summed E-state index contributed by atoms with van der Waals surface area (Å²) in [5, 5.41) is 6.33. The molecule has 3 heterocycles. The van der Waals surface area contributed by atoms with Gasteiger partial charge in [0.2, 0.25) is 4.96 Å². The van der Waals surface area contributed by atoms with Crippen LogP contribution in [-0.2, 0) is 0 Å². The van der Waals surface area contributed by atoms with Crippen LogP contribution in [0.4, 0.5) is 0 Å². The summed E-state index contributed by atoms with van der Waals surface area (Å²) in [7, 11) is 0. The normalized spacial score (nSPS) is 12.4. The van der Waals surface area contributed by atoms with Crippen LogP contribution in [0.1, 0.15) is 36.0 Å². The highest BCUT2D eigenvalue weighted by Crippen LogP contribution is 2.14. The molecule has 0 fully saturated rings. The van der Waals surface area contributed by atoms with E-state index in [4.69, 9.17) is 4.74 Å². The van der Waals surface area contributed by atoms with E-state index in [9.17, 15) is 4.79 Å². The molecule has 4 rings (SSSR count). The van der Waals surface area contributed by atoms with Crippen LogP contribution >= 0.6 is 22.7 Å². The van der Waals surface area contributed by atoms with Gasteiger partial charge in [-0.1, -0.05) is 42.9 Å². The van der Waals surface area contributed by atoms with Gasteiger partial charge in [-0.3, -0.25) is 4.79 Å². The lowest BCUT2D eigenvalue weighted by Crippen LogP contribution is -2.23. The molecular formula is C21H19N3O2S2. The fourth-order valence-electron chi connectivity index (χ4n) is 2.61. The van der Waals surface area contributed by atoms with Crippen LogP contribution in [0, 0.1) is 0 Å². The van der Waals surface area contributed by atoms with Crippen molar-refractivity contribution in [3.63, 3.8) is 0 Å². The van der Waals surface area contributed by atoms with Gasteiger partial charge in [-0.25, -0.2) is 0 Å². The average Bonchev–Trinajstić information content (AvgIpc) is 3.41. The second-order valence-corrected chi connectivity index (χ2v) is 8.19. The standard InChI is InChI=1S/C21H19N3O2S2/c1-2-3-12-26-16-8-6-15(7-9-16)14-18-20(25)24-21(28-18)22-19(23-24)11-10-17-5-4-13-27-17/h4-11,13-14H,2-3,12H2,1H3. The van der Waals surface area contributed by atoms with Crippen molar-refractivity contribution in [2.45, 2.75) is 19.8 Å². The Balaban J connectivity index is 1.55. The van der Waals surface area contributed by atoms with Crippen LogP contribution in [0.25, 0.3) is 23.2 Å². The number of unbranched alkanes of at least 4 members (excludes halogenated alkanes) is 1. The Morgan fingerprint density at radius 2 is 2.04 bits per heavy atom. The minimum Gasteiger partial charge on any atom is -0.494 e. The fraction of sp³-hybridized carbons (Fsp3) is 0.190. The minimum atomic E-state index is -0.147. The lowest BCUT2D eigenvalue weighted by atomic mass is 10.2. The number of thiazole rings is 1. The first-order chi connectivity index (χ1) is 13.7. The van der Waals surface area contributed by atoms with E-state index in [0.29, 0.717) is 15.3 Å². The fourth-order valence-corrected chi connectivity index (χ4v) is 4.14. The van der Waals surface area contributed by atoms with Crippen LogP contribution in [0.2, 0.25) is 0 Å². The molecule has 0 radical (unpaired) electrons. The zero-order chi connectivity index (χ0) is 19.3. The quantitative estimate of drug-likeness (QED) is 0.431. The topological polar surface area (TPSA) is 56.5 Å². The van der Waals surface area contributed by atoms with Crippen molar-refractivity contribution in [3.8, 4) is 5.75 Å². The number of aromatic nitrogens is 3. The maximum absolute atomic E-state index is 12.6. The van der Waals surface area contributed by atoms with Crippen molar-refractivity contribution in [2.75, 3.05) is 6.61 Å². The van der Waals surface area contributed by atoms with E-state index in [1.807, 2.05) is 60.0 Å². The number of hydrogen-bond donors (Lipinski definition) is 0. The predicted molar refractivity (Wildman–Crippen MR) is 116 cm³/mol. The highest BCUT2D eigenvalue weighted by Gasteiger charge is 2.08. The predicted octanol–water partition coefficient (Wildman–Crippen LogP) is 4.11. The first-order valence-electron chi connectivity index (χ1n) is 9.08. The molecule has 5 nitrogen and oxygen atoms in total. The van der Waals surface area contributed by atoms with Gasteiger partial charge in [0.15, 0.2) is 5.82 Å². The zero-order valence-electron chi connectivity index (χ0n) is 15.4. The summed E-state index contributed by atoms with van der Waals surface area (Å²) in [4.78, 5) is 18.8. The highest BCUT2D eigenvalue weighted by molar-refractivity contribution is 7.15. The molecule has 0 amide bonds. The number of rotatable bonds is 7. The molecule has 28 heavy (non-hydrogen) atoms. The number of fused-ring (bicyclic) bond motifs is 1. The van der Waals surface area contributed by atoms with Crippen molar-refractivity contribution >= 4 is 45.9 Å². The van der Waals surface area contributed by atoms with E-state index in [2.05, 4.69) is 17.0 Å². The Kier molecular flexibility index (Phi) is 5.64. The van der Waals surface area contributed by atoms with E-state index in [0.717, 1.165) is 35.6 Å². The molecule has 7 heteroatoms. The van der Waals surface area contributed by atoms with Gasteiger partial charge in [0, 0.05) is 4.88 Å². The van der Waals surface area contributed by atoms with Crippen LogP contribution < -0.4 is 14.8 Å². The van der Waals surface area contributed by atoms with Crippen molar-refractivity contribution in [2.24, 2.45) is 0 Å². The first kappa shape index (κ1) is 18.6. The van der Waals surface area contributed by atoms with Gasteiger partial charge in [0.25, 0.3) is 5.56 Å². The molecule has 0 aliphatic carbocycles. The molecule has 0 bridgehead atoms. The van der Waals surface area contributed by atoms with Crippen molar-refractivity contribution in [1.82, 2.24) is 14.6 Å². The number of hydrogen-bond acceptors (Lipinski definition) is 6. The Morgan fingerprint density at radius 3 is 2.75 bits per heavy atom. The van der Waals surface area contributed by atoms with Crippen molar-refractivity contribution in [3.05, 3.63) is 72.9 Å². The Bertz CT molecular complexity index is 1190. The SMILES string of the molecule is CCCCOc1ccc(C=c2sc3nc(C=Cc4cccs4)nn3c2=O)cc1. The Hall–Kier alpha value is -2.77. The first-order valence-corrected chi connectivity index (χ1v) is 10.8. The Labute approximate surface area is 170 Å². The van der Waals surface area contributed by atoms with Gasteiger partial charge >= 0.3 is 0 Å². The molecule has 0 saturated heterocycles. The van der Waals surface area contributed by atoms with Gasteiger partial charge in [-0.2, -0.15) is 9.50 Å². The molecule has 4 aromatic rings. The van der Waals surface area contributed by atoms with Gasteiger partial charge in [-0.15, -0.1) is 16.4 Å². The van der Waals surface area contributed by atoms with E-state index in [-0.39, 0.29) is 5.56 Å². The van der Waals surface area contributed by atoms with Crippen LogP contribution in [-0.4, -0.2) is 21.2 Å². The average molecular weight is 410 g/mol. The maximum atomic E-state index is 12.6. The van der Waals surface area contributed by atoms with Gasteiger partial charge in [0.05, 0.1) is 11.1 Å². The van der Waals surface area contributed by atoms with Crippen molar-refractivity contribution in [1.29, 1.82) is 0 Å². The maximum Gasteiger partial charge on any atom is 0.291 e. The lowest BCUT2D eigenvalue weighted by molar-refractivity contribution is 0.309. The molecule has 3 aromatic heterocycles. The number of nitrogens with zero attached hydrogens (tertiary/aromatic N) is 3. The summed E-state index contributed by atoms with van der Waals surface area (Å²) in [6, 6.07) is 11.8. The summed E-state index contributed by atoms with van der Waals surface area (Å²) in [5.74, 6) is 1.38. The molecule has 0 N–H and O–H groups in total. The molecule has 0 atom stereocenters. The largest absolute Gasteiger partial charge is 0.494 e. The number of thiophene rings is 1. The second kappa shape index (κ2) is 8.50. The van der Waals surface area contributed by atoms with E-state index in [1.54, 1.807) is 11.3 Å². The third kappa shape index (κ3) is 4.21. The summed E-state index contributed by atoms with van der Waals surface area (Å²) in [6.45, 7) is 2.86. The van der Waals surface area contributed by atoms with E-state index >= 15 is 0 Å². The van der Waals surface area contributed by atoms with Gasteiger partial charge in [0.1, 0.15) is 5.75 Å². The van der Waals surface area contributed by atoms with Crippen LogP contribution in [0.15, 0.2) is 46.6 Å². The van der Waals surface area contributed by atoms with Crippen LogP contribution in [0.5, 0.6) is 5.75 Å². The summed E-state index contributed by atoms with van der Waals surface area (Å²) in [6.07, 6.45) is 7.79. The number of benzene rings is 1. The van der Waals surface area contributed by atoms with E-state index < -0.39 is 0 Å². The molecule has 0 aliphatic heterocycles. The summed E-state index contributed by atoms with van der Waals surface area (Å²) in [5.41, 5.74) is 0.800. The van der Waals surface area contributed by atoms with Gasteiger partial charge in [-0.05, 0) is 53.8 Å². The molecule has 0 unspecified atom stereocenters. The molecule has 142 valence electrons. The van der Waals surface area contributed by atoms with Crippen molar-refractivity contribution < 1.29 is 4.74 Å². The summed E-state index contributed by atoms with van der Waals surface area (Å²) < 4.78 is 7.65. The summed E-state index contributed by atoms with van der Waals surface area (Å²) >= 11 is 2.98. The van der Waals surface area contributed by atoms with Crippen LogP contribution in [0.3, 0.4) is 0 Å². The highest BCUT2D eigenvalue weighted by atomic mass is 32.1. The molecule has 1 aromatic carbocycles. The Morgan fingerprint density at radius 1 is 1.18 bits per heavy atom. The number of ether oxygens (including phenoxy) is 1. The third-order valence-corrected chi connectivity index (χ3v) is 5.88. The lowest BCUT2D eigenvalue weighted by Gasteiger charge is -2.04. The van der Waals surface area contributed by atoms with Gasteiger partial charge < -0.3 is 4.74 Å². The molecule has 0 aliphatic rings.